The molecular formula is C43H81N3O6. The first-order chi connectivity index (χ1) is 25.7. The number of unbranched alkanes of at least 4 members (excludes halogenated alkanes) is 22. The highest BCUT2D eigenvalue weighted by Gasteiger charge is 2.13. The number of hydrogen-bond donors (Lipinski definition) is 0. The summed E-state index contributed by atoms with van der Waals surface area (Å²) in [6, 6.07) is 0. The first-order valence-corrected chi connectivity index (χ1v) is 21.8. The van der Waals surface area contributed by atoms with Gasteiger partial charge in [0.05, 0.1) is 32.4 Å². The van der Waals surface area contributed by atoms with E-state index in [0.29, 0.717) is 32.8 Å². The van der Waals surface area contributed by atoms with Gasteiger partial charge in [0.15, 0.2) is 0 Å². The summed E-state index contributed by atoms with van der Waals surface area (Å²) in [5.41, 5.74) is 0. The minimum atomic E-state index is -0.241. The van der Waals surface area contributed by atoms with Crippen LogP contribution in [0.4, 0.5) is 0 Å². The smallest absolute Gasteiger partial charge is 0.307 e. The van der Waals surface area contributed by atoms with Crippen molar-refractivity contribution in [3.63, 3.8) is 0 Å². The molecule has 0 amide bonds. The summed E-state index contributed by atoms with van der Waals surface area (Å²) in [7, 11) is 0. The number of ether oxygens (including phenoxy) is 4. The maximum atomic E-state index is 12.4. The molecule has 1 aromatic rings. The second kappa shape index (κ2) is 38.7. The zero-order chi connectivity index (χ0) is 37.4. The van der Waals surface area contributed by atoms with Gasteiger partial charge in [0.2, 0.25) is 0 Å². The molecule has 0 N–H and O–H groups in total. The first kappa shape index (κ1) is 48.0. The van der Waals surface area contributed by atoms with Crippen LogP contribution in [0.2, 0.25) is 0 Å². The molecular weight excluding hydrogens is 654 g/mol. The Labute approximate surface area is 319 Å². The van der Waals surface area contributed by atoms with Gasteiger partial charge in [0.1, 0.15) is 13.2 Å². The summed E-state index contributed by atoms with van der Waals surface area (Å²) in [6.45, 7) is 9.86. The number of imidazole rings is 1. The third kappa shape index (κ3) is 33.8. The quantitative estimate of drug-likeness (QED) is 0.0485. The Morgan fingerprint density at radius 1 is 0.500 bits per heavy atom. The normalized spacial score (nSPS) is 11.4. The molecule has 0 unspecified atom stereocenters. The van der Waals surface area contributed by atoms with E-state index in [-0.39, 0.29) is 38.0 Å². The fourth-order valence-corrected chi connectivity index (χ4v) is 6.38. The summed E-state index contributed by atoms with van der Waals surface area (Å²) < 4.78 is 24.2. The molecule has 0 aliphatic rings. The summed E-state index contributed by atoms with van der Waals surface area (Å²) in [6.07, 6.45) is 37.7. The van der Waals surface area contributed by atoms with Gasteiger partial charge in [0.25, 0.3) is 0 Å². The van der Waals surface area contributed by atoms with E-state index in [1.807, 2.05) is 10.8 Å². The zero-order valence-electron chi connectivity index (χ0n) is 34.0. The minimum Gasteiger partial charge on any atom is -0.463 e. The van der Waals surface area contributed by atoms with Gasteiger partial charge < -0.3 is 28.4 Å². The molecule has 9 heteroatoms. The van der Waals surface area contributed by atoms with Crippen molar-refractivity contribution in [2.24, 2.45) is 0 Å². The molecule has 0 atom stereocenters. The van der Waals surface area contributed by atoms with Crippen LogP contribution in [0.1, 0.15) is 181 Å². The maximum absolute atomic E-state index is 12.4. The number of rotatable bonds is 41. The van der Waals surface area contributed by atoms with Crippen LogP contribution in [0, 0.1) is 0 Å². The lowest BCUT2D eigenvalue weighted by Gasteiger charge is -2.21. The topological polar surface area (TPSA) is 92.1 Å². The minimum absolute atomic E-state index is 0.241. The molecule has 0 bridgehead atoms. The Morgan fingerprint density at radius 2 is 0.885 bits per heavy atom. The number of aromatic nitrogens is 2. The third-order valence-electron chi connectivity index (χ3n) is 9.76. The summed E-state index contributed by atoms with van der Waals surface area (Å²) in [4.78, 5) is 31.0. The van der Waals surface area contributed by atoms with Crippen LogP contribution in [0.15, 0.2) is 18.7 Å². The predicted molar refractivity (Wildman–Crippen MR) is 214 cm³/mol. The second-order valence-electron chi connectivity index (χ2n) is 14.6. The lowest BCUT2D eigenvalue weighted by Crippen LogP contribution is -2.32. The van der Waals surface area contributed by atoms with Crippen LogP contribution in [0.25, 0.3) is 0 Å². The second-order valence-corrected chi connectivity index (χ2v) is 14.6. The van der Waals surface area contributed by atoms with Crippen LogP contribution >= 0.6 is 0 Å². The molecule has 304 valence electrons. The molecule has 0 saturated carbocycles. The van der Waals surface area contributed by atoms with E-state index in [0.717, 1.165) is 32.6 Å². The average Bonchev–Trinajstić information content (AvgIpc) is 3.68. The molecule has 9 nitrogen and oxygen atoms in total. The Kier molecular flexibility index (Phi) is 35.8. The zero-order valence-corrected chi connectivity index (χ0v) is 34.0. The van der Waals surface area contributed by atoms with Crippen molar-refractivity contribution in [3.8, 4) is 0 Å². The van der Waals surface area contributed by atoms with Gasteiger partial charge >= 0.3 is 11.9 Å². The molecule has 0 radical (unpaired) electrons. The molecule has 0 fully saturated rings. The Balaban J connectivity index is 2.04. The average molecular weight is 736 g/mol. The van der Waals surface area contributed by atoms with Gasteiger partial charge in [-0.05, 0) is 12.8 Å². The Morgan fingerprint density at radius 3 is 1.25 bits per heavy atom. The highest BCUT2D eigenvalue weighted by Crippen LogP contribution is 2.13. The van der Waals surface area contributed by atoms with Gasteiger partial charge in [-0.3, -0.25) is 9.59 Å². The molecule has 0 aliphatic carbocycles. The highest BCUT2D eigenvalue weighted by molar-refractivity contribution is 5.70. The van der Waals surface area contributed by atoms with Crippen molar-refractivity contribution in [1.82, 2.24) is 14.5 Å². The van der Waals surface area contributed by atoms with Crippen molar-refractivity contribution in [2.75, 3.05) is 59.3 Å². The molecule has 1 aromatic heterocycles. The fourth-order valence-electron chi connectivity index (χ4n) is 6.38. The fraction of sp³-hybridized carbons (Fsp3) is 0.884. The molecule has 52 heavy (non-hydrogen) atoms. The monoisotopic (exact) mass is 736 g/mol. The van der Waals surface area contributed by atoms with Crippen molar-refractivity contribution >= 4 is 11.9 Å². The number of carbonyl (C=O) groups excluding carboxylic acids is 2. The lowest BCUT2D eigenvalue weighted by molar-refractivity contribution is -0.145. The van der Waals surface area contributed by atoms with Gasteiger partial charge in [-0.15, -0.1) is 0 Å². The highest BCUT2D eigenvalue weighted by atomic mass is 16.6. The summed E-state index contributed by atoms with van der Waals surface area (Å²) in [5.74, 6) is -0.482. The number of nitrogens with zero attached hydrogens (tertiary/aromatic N) is 3. The van der Waals surface area contributed by atoms with E-state index in [2.05, 4.69) is 23.7 Å². The van der Waals surface area contributed by atoms with Crippen molar-refractivity contribution in [1.29, 1.82) is 0 Å². The molecule has 1 heterocycles. The van der Waals surface area contributed by atoms with Gasteiger partial charge in [-0.1, -0.05) is 155 Å². The molecule has 0 saturated heterocycles. The predicted octanol–water partition coefficient (Wildman–Crippen LogP) is 10.5. The third-order valence-corrected chi connectivity index (χ3v) is 9.76. The molecule has 0 aromatic carbocycles. The largest absolute Gasteiger partial charge is 0.463 e. The first-order valence-electron chi connectivity index (χ1n) is 21.8. The standard InChI is InChI=1S/C43H81N3O6/c1-3-5-7-9-11-13-15-17-19-21-23-25-35-49-37-39-51-42(47)27-30-45(33-34-46-32-29-44-41-46)31-28-43(48)52-40-38-50-36-26-24-22-20-18-16-14-12-10-8-6-4-2/h29,32,41H,3-28,30-31,33-40H2,1-2H3. The van der Waals surface area contributed by atoms with Crippen LogP contribution in [0.5, 0.6) is 0 Å². The van der Waals surface area contributed by atoms with E-state index < -0.39 is 0 Å². The lowest BCUT2D eigenvalue weighted by atomic mass is 10.1. The Hall–Kier alpha value is -1.97. The van der Waals surface area contributed by atoms with Gasteiger partial charge in [0, 0.05) is 51.8 Å². The molecule has 0 spiro atoms. The Bertz CT molecular complexity index is 832. The van der Waals surface area contributed by atoms with Gasteiger partial charge in [-0.2, -0.15) is 0 Å². The van der Waals surface area contributed by atoms with E-state index in [9.17, 15) is 9.59 Å². The van der Waals surface area contributed by atoms with Crippen LogP contribution in [0.3, 0.4) is 0 Å². The van der Waals surface area contributed by atoms with E-state index in [4.69, 9.17) is 18.9 Å². The number of esters is 2. The van der Waals surface area contributed by atoms with Crippen molar-refractivity contribution in [3.05, 3.63) is 18.7 Å². The van der Waals surface area contributed by atoms with E-state index >= 15 is 0 Å². The molecule has 1 rings (SSSR count). The number of hydrogen-bond acceptors (Lipinski definition) is 8. The summed E-state index contributed by atoms with van der Waals surface area (Å²) in [5, 5.41) is 0. The maximum Gasteiger partial charge on any atom is 0.307 e. The van der Waals surface area contributed by atoms with Crippen LogP contribution < -0.4 is 0 Å². The van der Waals surface area contributed by atoms with Crippen LogP contribution in [-0.2, 0) is 35.1 Å². The van der Waals surface area contributed by atoms with Crippen molar-refractivity contribution < 1.29 is 28.5 Å². The SMILES string of the molecule is CCCCCCCCCCCCCCOCCOC(=O)CCN(CCC(=O)OCCOCCCCCCCCCCCCCC)CCn1ccnc1. The number of carbonyl (C=O) groups is 2. The van der Waals surface area contributed by atoms with Crippen LogP contribution in [-0.4, -0.2) is 85.7 Å². The van der Waals surface area contributed by atoms with Gasteiger partial charge in [-0.25, -0.2) is 4.98 Å². The van der Waals surface area contributed by atoms with E-state index in [1.165, 1.54) is 141 Å². The molecule has 0 aliphatic heterocycles. The van der Waals surface area contributed by atoms with E-state index in [1.54, 1.807) is 12.5 Å². The van der Waals surface area contributed by atoms with Crippen molar-refractivity contribution in [2.45, 2.75) is 187 Å². The summed E-state index contributed by atoms with van der Waals surface area (Å²) >= 11 is 0.